The molecule has 2 heterocycles. The molecule has 72 heavy (non-hydrogen) atoms. The lowest BCUT2D eigenvalue weighted by Gasteiger charge is -2.36. The zero-order chi connectivity index (χ0) is 52.8. The highest BCUT2D eigenvalue weighted by molar-refractivity contribution is 5.89. The number of likely N-dealkylation sites (tertiary alicyclic amines) is 2. The van der Waals surface area contributed by atoms with Gasteiger partial charge in [-0.1, -0.05) is 86.4 Å². The Bertz CT molecular complexity index is 2160. The first-order valence-electron chi connectivity index (χ1n) is 25.3. The molecule has 2 saturated heterocycles. The normalized spacial score (nSPS) is 18.5. The molecule has 5 amide bonds. The summed E-state index contributed by atoms with van der Waals surface area (Å²) in [6.07, 6.45) is -3.55. The summed E-state index contributed by atoms with van der Waals surface area (Å²) in [4.78, 5) is 72.9. The summed E-state index contributed by atoms with van der Waals surface area (Å²) in [6.45, 7) is 11.1. The van der Waals surface area contributed by atoms with Gasteiger partial charge in [0, 0.05) is 70.2 Å². The van der Waals surface area contributed by atoms with E-state index in [1.165, 1.54) is 11.8 Å². The van der Waals surface area contributed by atoms with E-state index in [-0.39, 0.29) is 62.5 Å². The van der Waals surface area contributed by atoms with Crippen LogP contribution in [0.25, 0.3) is 0 Å². The molecule has 2 aliphatic heterocycles. The van der Waals surface area contributed by atoms with Crippen molar-refractivity contribution in [1.29, 1.82) is 0 Å². The summed E-state index contributed by atoms with van der Waals surface area (Å²) < 4.78 is 53.4. The molecule has 18 heteroatoms. The van der Waals surface area contributed by atoms with Gasteiger partial charge in [-0.25, -0.2) is 0 Å². The van der Waals surface area contributed by atoms with Crippen molar-refractivity contribution >= 4 is 29.5 Å². The number of rotatable bonds is 26. The zero-order valence-electron chi connectivity index (χ0n) is 43.0. The Morgan fingerprint density at radius 3 is 1.76 bits per heavy atom. The van der Waals surface area contributed by atoms with Crippen LogP contribution >= 0.6 is 0 Å². The van der Waals surface area contributed by atoms with Gasteiger partial charge < -0.3 is 44.8 Å². The number of benzene rings is 2. The van der Waals surface area contributed by atoms with E-state index >= 15 is 0 Å². The number of carbonyl (C=O) groups is 5. The van der Waals surface area contributed by atoms with Crippen molar-refractivity contribution in [2.24, 2.45) is 5.92 Å². The minimum Gasteiger partial charge on any atom is -0.377 e. The molecule has 1 unspecified atom stereocenters. The first-order chi connectivity index (χ1) is 34.4. The van der Waals surface area contributed by atoms with Gasteiger partial charge in [0.15, 0.2) is 0 Å². The summed E-state index contributed by atoms with van der Waals surface area (Å²) in [6, 6.07) is 15.6. The van der Waals surface area contributed by atoms with Crippen molar-refractivity contribution in [3.63, 3.8) is 0 Å². The third-order valence-corrected chi connectivity index (χ3v) is 13.6. The molecule has 0 bridgehead atoms. The van der Waals surface area contributed by atoms with Gasteiger partial charge >= 0.3 is 12.1 Å². The van der Waals surface area contributed by atoms with E-state index in [2.05, 4.69) is 39.6 Å². The number of nitrogens with zero attached hydrogens (tertiary/aromatic N) is 4. The fraction of sp³-hybridized carbons (Fsp3) is 0.611. The van der Waals surface area contributed by atoms with Crippen LogP contribution in [-0.2, 0) is 46.3 Å². The lowest BCUT2D eigenvalue weighted by Crippen LogP contribution is -2.60. The van der Waals surface area contributed by atoms with Crippen LogP contribution in [0.15, 0.2) is 60.7 Å². The van der Waals surface area contributed by atoms with Crippen LogP contribution in [0.3, 0.4) is 0 Å². The lowest BCUT2D eigenvalue weighted by atomic mass is 10.1. The second-order valence-corrected chi connectivity index (χ2v) is 18.8. The number of ether oxygens (including phenoxy) is 2. The molecule has 0 spiro atoms. The van der Waals surface area contributed by atoms with Gasteiger partial charge in [0.05, 0.1) is 12.2 Å². The van der Waals surface area contributed by atoms with E-state index in [1.807, 2.05) is 67.6 Å². The molecule has 2 aromatic carbocycles. The van der Waals surface area contributed by atoms with Crippen molar-refractivity contribution < 1.29 is 51.7 Å². The highest BCUT2D eigenvalue weighted by Gasteiger charge is 2.45. The molecule has 2 aromatic rings. The first kappa shape index (κ1) is 59.1. The Hall–Kier alpha value is -5.50. The summed E-state index contributed by atoms with van der Waals surface area (Å²) >= 11 is 0. The number of nitrogens with one attached hydrogen (secondary N) is 3. The molecular weight excluding hydrogens is 932 g/mol. The number of hydrogen-bond donors (Lipinski definition) is 4. The maximum absolute atomic E-state index is 14.3. The number of aryl methyl sites for hydroxylation is 1. The van der Waals surface area contributed by atoms with Crippen LogP contribution in [0.1, 0.15) is 91.2 Å². The smallest absolute Gasteiger partial charge is 0.377 e. The second kappa shape index (κ2) is 29.9. The van der Waals surface area contributed by atoms with Crippen molar-refractivity contribution in [2.75, 3.05) is 59.5 Å². The molecular formula is C54H76F3N7O8. The predicted molar refractivity (Wildman–Crippen MR) is 268 cm³/mol. The summed E-state index contributed by atoms with van der Waals surface area (Å²) in [5.74, 6) is 7.56. The lowest BCUT2D eigenvalue weighted by molar-refractivity contribution is -0.186. The number of amides is 5. The summed E-state index contributed by atoms with van der Waals surface area (Å²) in [5, 5.41) is 19.7. The quantitative estimate of drug-likeness (QED) is 0.0787. The fourth-order valence-electron chi connectivity index (χ4n) is 8.81. The minimum atomic E-state index is -5.09. The van der Waals surface area contributed by atoms with E-state index in [9.17, 15) is 42.3 Å². The highest BCUT2D eigenvalue weighted by Crippen LogP contribution is 2.26. The topological polar surface area (TPSA) is 173 Å². The zero-order valence-corrected chi connectivity index (χ0v) is 43.0. The monoisotopic (exact) mass is 1010 g/mol. The van der Waals surface area contributed by atoms with E-state index in [0.717, 1.165) is 22.4 Å². The minimum absolute atomic E-state index is 0.0789. The Morgan fingerprint density at radius 1 is 0.764 bits per heavy atom. The number of aliphatic hydroxyl groups excluding tert-OH is 1. The molecule has 4 N–H and O–H groups in total. The number of hydrogen-bond acceptors (Lipinski definition) is 10. The van der Waals surface area contributed by atoms with Gasteiger partial charge in [-0.05, 0) is 102 Å². The van der Waals surface area contributed by atoms with Crippen molar-refractivity contribution in [3.05, 3.63) is 71.8 Å². The van der Waals surface area contributed by atoms with Crippen molar-refractivity contribution in [2.45, 2.75) is 148 Å². The van der Waals surface area contributed by atoms with Gasteiger partial charge in [0.25, 0.3) is 0 Å². The van der Waals surface area contributed by atoms with Gasteiger partial charge in [-0.2, -0.15) is 13.2 Å². The van der Waals surface area contributed by atoms with Crippen LogP contribution in [0, 0.1) is 29.6 Å². The Morgan fingerprint density at radius 2 is 1.26 bits per heavy atom. The summed E-state index contributed by atoms with van der Waals surface area (Å²) in [7, 11) is 1.64. The van der Waals surface area contributed by atoms with Gasteiger partial charge in [-0.3, -0.25) is 29.3 Å². The van der Waals surface area contributed by atoms with Crippen LogP contribution in [-0.4, -0.2) is 169 Å². The maximum Gasteiger partial charge on any atom is 0.471 e. The number of aliphatic hydroxyl groups is 1. The Labute approximate surface area is 424 Å². The third kappa shape index (κ3) is 18.5. The molecule has 9 atom stereocenters. The van der Waals surface area contributed by atoms with E-state index in [1.54, 1.807) is 44.5 Å². The molecule has 15 nitrogen and oxygen atoms in total. The fourth-order valence-corrected chi connectivity index (χ4v) is 8.81. The summed E-state index contributed by atoms with van der Waals surface area (Å²) in [5.41, 5.74) is 2.04. The Balaban J connectivity index is 1.38. The van der Waals surface area contributed by atoms with Gasteiger partial charge in [-0.15, -0.1) is 0 Å². The van der Waals surface area contributed by atoms with Crippen molar-refractivity contribution in [1.82, 2.24) is 35.6 Å². The molecule has 0 aliphatic carbocycles. The SMILES string of the molecule is CC[C@@H](C)C(=O)N[C@H](C(=O)N1CCC[C@H]1CN(CCc1ccccc1)C(C)=O)[C@@H](C)OCC#CC#CCOC(C)[C@H](N[C@@H](O)[C@H](C)NC)C(=O)N1CCC[C@H]1CN(CCCc1ccccc1)C(=O)C(F)(F)F. The van der Waals surface area contributed by atoms with Crippen LogP contribution in [0.5, 0.6) is 0 Å². The molecule has 0 aromatic heterocycles. The van der Waals surface area contributed by atoms with E-state index in [0.29, 0.717) is 64.6 Å². The predicted octanol–water partition coefficient (Wildman–Crippen LogP) is 4.32. The molecule has 0 radical (unpaired) electrons. The molecule has 2 fully saturated rings. The molecule has 396 valence electrons. The molecule has 0 saturated carbocycles. The van der Waals surface area contributed by atoms with Crippen LogP contribution in [0.4, 0.5) is 13.2 Å². The largest absolute Gasteiger partial charge is 0.471 e. The van der Waals surface area contributed by atoms with Crippen LogP contribution in [0.2, 0.25) is 0 Å². The number of likely N-dealkylation sites (N-methyl/N-ethyl adjacent to an activating group) is 1. The van der Waals surface area contributed by atoms with Crippen LogP contribution < -0.4 is 16.0 Å². The van der Waals surface area contributed by atoms with E-state index < -0.39 is 60.6 Å². The second-order valence-electron chi connectivity index (χ2n) is 18.8. The van der Waals surface area contributed by atoms with Gasteiger partial charge in [0.2, 0.25) is 23.6 Å². The van der Waals surface area contributed by atoms with Crippen molar-refractivity contribution in [3.8, 4) is 23.7 Å². The molecule has 2 aliphatic rings. The number of alkyl halides is 3. The number of halogens is 3. The van der Waals surface area contributed by atoms with E-state index in [4.69, 9.17) is 9.47 Å². The average molecular weight is 1010 g/mol. The first-order valence-corrected chi connectivity index (χ1v) is 25.3. The average Bonchev–Trinajstić information content (AvgIpc) is 4.05. The standard InChI is InChI=1S/C54H76F3N7O8/c1-8-38(2)49(66)59-47(51(68)63-31-20-27-45(63)36-61(42(6)65)33-29-44-24-15-12-16-25-44)40(4)71-34-17-9-10-18-35-72-41(5)48(60-50(67)39(3)58-7)52(69)64-32-21-28-46(64)37-62(53(70)54(55,56)57)30-19-26-43-22-13-11-14-23-43/h11-16,22-25,38-41,45-48,50,58,60,67H,8,19-21,26-37H2,1-7H3,(H,59,66)/t38-,39+,40-,41?,45+,46+,47+,48+,50+/m1/s1. The maximum atomic E-state index is 14.3. The molecule has 4 rings (SSSR count). The third-order valence-electron chi connectivity index (χ3n) is 13.6. The number of carbonyl (C=O) groups excluding carboxylic acids is 5. The Kier molecular flexibility index (Phi) is 24.5. The van der Waals surface area contributed by atoms with Gasteiger partial charge in [0.1, 0.15) is 31.5 Å². The highest BCUT2D eigenvalue weighted by atomic mass is 19.4.